The van der Waals surface area contributed by atoms with Crippen LogP contribution in [0, 0.1) is 10.5 Å². The average Bonchev–Trinajstić information content (AvgIpc) is 2.02. The summed E-state index contributed by atoms with van der Waals surface area (Å²) >= 11 is -1.02. The van der Waals surface area contributed by atoms with Crippen LogP contribution >= 0.6 is 21.3 Å². The molecule has 1 aromatic carbocycles. The van der Waals surface area contributed by atoms with E-state index in [0.29, 0.717) is 5.69 Å². The molecule has 0 heterocycles. The van der Waals surface area contributed by atoms with Crippen LogP contribution in [0.3, 0.4) is 0 Å². The maximum absolute atomic E-state index is 10.9. The quantitative estimate of drug-likeness (QED) is 0.451. The molecule has 1 rings (SSSR count). The Labute approximate surface area is 92.6 Å². The Bertz CT molecular complexity index is 458. The second-order valence-electron chi connectivity index (χ2n) is 2.66. The minimum Gasteiger partial charge on any atom is -0.318 e. The van der Waals surface area contributed by atoms with Gasteiger partial charge in [0.05, 0.1) is 5.69 Å². The zero-order valence-electron chi connectivity index (χ0n) is 7.28. The predicted octanol–water partition coefficient (Wildman–Crippen LogP) is 2.30. The number of halogens is 1. The maximum Gasteiger partial charge on any atom is 0.296 e. The molecular weight excluding hydrogens is 319 g/mol. The monoisotopic (exact) mass is 328 g/mol. The number of anilines is 1. The van der Waals surface area contributed by atoms with Crippen molar-refractivity contribution in [1.82, 2.24) is 0 Å². The molecule has 7 heteroatoms. The Hall–Kier alpha value is -0.540. The van der Waals surface area contributed by atoms with Crippen LogP contribution in [0.2, 0.25) is 0 Å². The molecule has 0 aliphatic rings. The Morgan fingerprint density at radius 1 is 1.50 bits per heavy atom. The molecule has 0 amide bonds. The van der Waals surface area contributed by atoms with Crippen LogP contribution in [0.5, 0.6) is 0 Å². The van der Waals surface area contributed by atoms with E-state index in [2.05, 4.69) is 3.53 Å². The van der Waals surface area contributed by atoms with Gasteiger partial charge in [0.15, 0.2) is 0 Å². The second kappa shape index (κ2) is 4.32. The highest BCUT2D eigenvalue weighted by Gasteiger charge is 2.14. The van der Waals surface area contributed by atoms with Crippen LogP contribution in [-0.2, 0) is 10.1 Å². The van der Waals surface area contributed by atoms with Crippen molar-refractivity contribution < 1.29 is 13.0 Å². The first-order valence-corrected chi connectivity index (χ1v) is 7.18. The van der Waals surface area contributed by atoms with Crippen molar-refractivity contribution in [3.63, 3.8) is 0 Å². The van der Waals surface area contributed by atoms with Crippen LogP contribution in [-0.4, -0.2) is 13.0 Å². The van der Waals surface area contributed by atoms with Crippen molar-refractivity contribution in [2.24, 2.45) is 0 Å². The van der Waals surface area contributed by atoms with Gasteiger partial charge >= 0.3 is 0 Å². The van der Waals surface area contributed by atoms with Gasteiger partial charge in [-0.05, 0) is 24.6 Å². The smallest absolute Gasteiger partial charge is 0.296 e. The number of benzene rings is 1. The lowest BCUT2D eigenvalue weighted by atomic mass is 10.2. The molecule has 0 spiro atoms. The van der Waals surface area contributed by atoms with Crippen molar-refractivity contribution in [2.45, 2.75) is 11.8 Å². The van der Waals surface area contributed by atoms with Gasteiger partial charge in [0, 0.05) is 0 Å². The Morgan fingerprint density at radius 2 is 2.14 bits per heavy atom. The largest absolute Gasteiger partial charge is 0.318 e. The first kappa shape index (κ1) is 11.5. The third-order valence-electron chi connectivity index (χ3n) is 1.56. The minimum atomic E-state index is -4.20. The molecule has 78 valence electrons. The summed E-state index contributed by atoms with van der Waals surface area (Å²) in [6, 6.07) is 4.51. The summed E-state index contributed by atoms with van der Waals surface area (Å²) in [4.78, 5) is -0.171. The molecule has 0 aliphatic carbocycles. The summed E-state index contributed by atoms with van der Waals surface area (Å²) in [5, 5.41) is 0. The van der Waals surface area contributed by atoms with E-state index in [1.165, 1.54) is 6.07 Å². The van der Waals surface area contributed by atoms with E-state index >= 15 is 0 Å². The highest BCUT2D eigenvalue weighted by atomic mass is 127. The fraction of sp³-hybridized carbons (Fsp3) is 0.143. The minimum absolute atomic E-state index is 0.171. The van der Waals surface area contributed by atoms with E-state index < -0.39 is 31.4 Å². The highest BCUT2D eigenvalue weighted by molar-refractivity contribution is 14.2. The third-order valence-corrected chi connectivity index (χ3v) is 3.32. The summed E-state index contributed by atoms with van der Waals surface area (Å²) in [6.07, 6.45) is 0. The number of rotatable bonds is 3. The molecule has 0 saturated carbocycles. The molecule has 14 heavy (non-hydrogen) atoms. The molecule has 0 aromatic heterocycles. The molecule has 0 radical (unpaired) electrons. The lowest BCUT2D eigenvalue weighted by molar-refractivity contribution is 0.483. The molecular formula is C7H9IN2O3S. The molecule has 0 bridgehead atoms. The van der Waals surface area contributed by atoms with Crippen LogP contribution in [0.1, 0.15) is 5.56 Å². The Balaban J connectivity index is 3.36. The highest BCUT2D eigenvalue weighted by Crippen LogP contribution is 2.24. The van der Waals surface area contributed by atoms with E-state index in [1.807, 2.05) is 0 Å². The molecule has 0 saturated heterocycles. The number of hydrogen-bond acceptors (Lipinski definition) is 3. The standard InChI is InChI=1S/C7H9IN2O3S/c1-5-2-3-7(14(11,12)13)6(4-5)10-8-9/h2-4H,1H3,(H2,9,10)(H,11,12,13). The van der Waals surface area contributed by atoms with Crippen LogP contribution in [0.15, 0.2) is 23.1 Å². The SMILES string of the molecule is Cc1ccc(S(=O)(=O)O)c(NI=N)c1. The molecule has 0 unspecified atom stereocenters. The first-order chi connectivity index (χ1) is 6.45. The van der Waals surface area contributed by atoms with E-state index in [9.17, 15) is 8.42 Å². The molecule has 0 atom stereocenters. The van der Waals surface area contributed by atoms with Gasteiger partial charge in [-0.1, -0.05) is 6.07 Å². The Kier molecular flexibility index (Phi) is 3.56. The maximum atomic E-state index is 10.9. The third kappa shape index (κ3) is 2.72. The summed E-state index contributed by atoms with van der Waals surface area (Å²) < 4.78 is 40.4. The van der Waals surface area contributed by atoms with Crippen molar-refractivity contribution in [2.75, 3.05) is 3.53 Å². The van der Waals surface area contributed by atoms with E-state index in [1.54, 1.807) is 19.1 Å². The summed E-state index contributed by atoms with van der Waals surface area (Å²) in [5.41, 5.74) is 1.17. The predicted molar refractivity (Wildman–Crippen MR) is 61.4 cm³/mol. The molecule has 1 aromatic rings. The summed E-state index contributed by atoms with van der Waals surface area (Å²) in [7, 11) is -4.20. The van der Waals surface area contributed by atoms with Gasteiger partial charge in [-0.15, -0.1) is 0 Å². The van der Waals surface area contributed by atoms with Crippen LogP contribution < -0.4 is 3.53 Å². The fourth-order valence-electron chi connectivity index (χ4n) is 0.994. The van der Waals surface area contributed by atoms with Crippen molar-refractivity contribution >= 4 is 37.1 Å². The number of aryl methyl sites for hydroxylation is 1. The van der Waals surface area contributed by atoms with E-state index in [0.717, 1.165) is 5.56 Å². The van der Waals surface area contributed by atoms with Gasteiger partial charge < -0.3 is 3.53 Å². The normalized spacial score (nSPS) is 11.3. The topological polar surface area (TPSA) is 90.2 Å². The van der Waals surface area contributed by atoms with Crippen LogP contribution in [0.25, 0.3) is 0 Å². The zero-order valence-corrected chi connectivity index (χ0v) is 10.3. The molecule has 5 nitrogen and oxygen atoms in total. The number of hydrogen-bond donors (Lipinski definition) is 3. The zero-order chi connectivity index (χ0) is 10.8. The van der Waals surface area contributed by atoms with Gasteiger partial charge in [0.25, 0.3) is 10.1 Å². The average molecular weight is 328 g/mol. The van der Waals surface area contributed by atoms with Gasteiger partial charge in [0.2, 0.25) is 0 Å². The molecule has 0 aliphatic heterocycles. The van der Waals surface area contributed by atoms with Crippen molar-refractivity contribution in [3.8, 4) is 0 Å². The second-order valence-corrected chi connectivity index (χ2v) is 5.13. The van der Waals surface area contributed by atoms with Crippen molar-refractivity contribution in [1.29, 1.82) is 3.56 Å². The van der Waals surface area contributed by atoms with Gasteiger partial charge in [0.1, 0.15) is 26.2 Å². The molecule has 3 N–H and O–H groups in total. The van der Waals surface area contributed by atoms with E-state index in [-0.39, 0.29) is 4.90 Å². The summed E-state index contributed by atoms with van der Waals surface area (Å²) in [6.45, 7) is 1.81. The summed E-state index contributed by atoms with van der Waals surface area (Å²) in [5.74, 6) is 0. The lowest BCUT2D eigenvalue weighted by Crippen LogP contribution is -2.01. The van der Waals surface area contributed by atoms with E-state index in [4.69, 9.17) is 8.11 Å². The van der Waals surface area contributed by atoms with Gasteiger partial charge in [-0.2, -0.15) is 8.42 Å². The Morgan fingerprint density at radius 3 is 2.64 bits per heavy atom. The van der Waals surface area contributed by atoms with Crippen molar-refractivity contribution in [3.05, 3.63) is 23.8 Å². The lowest BCUT2D eigenvalue weighted by Gasteiger charge is -2.06. The molecule has 0 fully saturated rings. The first-order valence-electron chi connectivity index (χ1n) is 3.59. The number of nitrogens with one attached hydrogen (secondary N) is 2. The van der Waals surface area contributed by atoms with Gasteiger partial charge in [-0.25, -0.2) is 0 Å². The van der Waals surface area contributed by atoms with Crippen LogP contribution in [0.4, 0.5) is 5.69 Å². The fourth-order valence-corrected chi connectivity index (χ4v) is 2.54. The van der Waals surface area contributed by atoms with Gasteiger partial charge in [-0.3, -0.25) is 8.11 Å².